The largest absolute Gasteiger partial charge is 0.349 e. The quantitative estimate of drug-likeness (QED) is 0.872. The molecule has 1 amide bonds. The fraction of sp³-hybridized carbons (Fsp3) is 0.214. The van der Waals surface area contributed by atoms with Crippen molar-refractivity contribution in [2.24, 2.45) is 0 Å². The van der Waals surface area contributed by atoms with E-state index in [1.54, 1.807) is 19.1 Å². The van der Waals surface area contributed by atoms with E-state index in [1.165, 1.54) is 29.5 Å². The van der Waals surface area contributed by atoms with Crippen molar-refractivity contribution in [2.45, 2.75) is 19.4 Å². The number of amides is 1. The van der Waals surface area contributed by atoms with E-state index >= 15 is 0 Å². The second-order valence-electron chi connectivity index (χ2n) is 4.38. The number of benzene rings is 1. The first-order valence-corrected chi connectivity index (χ1v) is 7.57. The van der Waals surface area contributed by atoms with Gasteiger partial charge in [-0.2, -0.15) is 0 Å². The molecule has 1 heterocycles. The zero-order chi connectivity index (χ0) is 14.7. The molecule has 1 aromatic carbocycles. The molecule has 2 aromatic rings. The molecular weight excluding hydrogens is 348 g/mol. The van der Waals surface area contributed by atoms with Crippen molar-refractivity contribution in [2.75, 3.05) is 0 Å². The molecule has 1 unspecified atom stereocenters. The Morgan fingerprint density at radius 2 is 1.95 bits per heavy atom. The Balaban J connectivity index is 2.02. The number of hydrogen-bond acceptors (Lipinski definition) is 2. The van der Waals surface area contributed by atoms with Gasteiger partial charge in [-0.15, -0.1) is 11.3 Å². The molecule has 2 rings (SSSR count). The Labute approximate surface area is 127 Å². The maximum Gasteiger partial charge on any atom is 0.261 e. The Morgan fingerprint density at radius 3 is 2.50 bits per heavy atom. The van der Waals surface area contributed by atoms with Crippen molar-refractivity contribution in [1.29, 1.82) is 0 Å². The third-order valence-corrected chi connectivity index (χ3v) is 4.37. The summed E-state index contributed by atoms with van der Waals surface area (Å²) >= 11 is 4.59. The van der Waals surface area contributed by atoms with E-state index in [-0.39, 0.29) is 23.9 Å². The Bertz CT molecular complexity index is 609. The summed E-state index contributed by atoms with van der Waals surface area (Å²) in [6.07, 6.45) is 0.108. The van der Waals surface area contributed by atoms with Gasteiger partial charge in [0.05, 0.1) is 8.66 Å². The van der Waals surface area contributed by atoms with Gasteiger partial charge in [0.25, 0.3) is 5.91 Å². The molecule has 0 bridgehead atoms. The van der Waals surface area contributed by atoms with E-state index < -0.39 is 11.6 Å². The average molecular weight is 360 g/mol. The molecule has 2 nitrogen and oxygen atoms in total. The molecule has 20 heavy (non-hydrogen) atoms. The SMILES string of the molecule is CC(Cc1c(F)cccc1F)NC(=O)c1ccc(Br)s1. The van der Waals surface area contributed by atoms with Crippen LogP contribution in [0.15, 0.2) is 34.1 Å². The lowest BCUT2D eigenvalue weighted by atomic mass is 10.1. The summed E-state index contributed by atoms with van der Waals surface area (Å²) in [7, 11) is 0. The third kappa shape index (κ3) is 3.64. The van der Waals surface area contributed by atoms with Crippen LogP contribution in [0.2, 0.25) is 0 Å². The minimum Gasteiger partial charge on any atom is -0.349 e. The number of rotatable bonds is 4. The number of thiophene rings is 1. The summed E-state index contributed by atoms with van der Waals surface area (Å²) < 4.78 is 27.9. The van der Waals surface area contributed by atoms with Crippen LogP contribution in [0.3, 0.4) is 0 Å². The standard InChI is InChI=1S/C14H12BrF2NOS/c1-8(7-9-10(16)3-2-4-11(9)17)18-14(19)12-5-6-13(15)20-12/h2-6,8H,7H2,1H3,(H,18,19). The fourth-order valence-electron chi connectivity index (χ4n) is 1.82. The van der Waals surface area contributed by atoms with E-state index in [2.05, 4.69) is 21.2 Å². The molecule has 0 saturated carbocycles. The molecule has 0 aliphatic carbocycles. The summed E-state index contributed by atoms with van der Waals surface area (Å²) in [6, 6.07) is 6.85. The second-order valence-corrected chi connectivity index (χ2v) is 6.85. The van der Waals surface area contributed by atoms with Crippen LogP contribution < -0.4 is 5.32 Å². The van der Waals surface area contributed by atoms with Gasteiger partial charge in [-0.3, -0.25) is 4.79 Å². The van der Waals surface area contributed by atoms with Gasteiger partial charge < -0.3 is 5.32 Å². The molecule has 0 aliphatic rings. The maximum absolute atomic E-state index is 13.5. The third-order valence-electron chi connectivity index (χ3n) is 2.75. The first kappa shape index (κ1) is 15.1. The van der Waals surface area contributed by atoms with Crippen molar-refractivity contribution in [3.8, 4) is 0 Å². The van der Waals surface area contributed by atoms with Crippen LogP contribution in [0.5, 0.6) is 0 Å². The van der Waals surface area contributed by atoms with Crippen LogP contribution in [-0.2, 0) is 6.42 Å². The van der Waals surface area contributed by atoms with Crippen molar-refractivity contribution in [1.82, 2.24) is 5.32 Å². The van der Waals surface area contributed by atoms with Crippen LogP contribution in [0.4, 0.5) is 8.78 Å². The molecule has 106 valence electrons. The van der Waals surface area contributed by atoms with Crippen LogP contribution in [0, 0.1) is 11.6 Å². The molecule has 0 radical (unpaired) electrons. The first-order chi connectivity index (χ1) is 9.47. The lowest BCUT2D eigenvalue weighted by Gasteiger charge is -2.14. The van der Waals surface area contributed by atoms with Crippen molar-refractivity contribution in [3.05, 3.63) is 56.2 Å². The summed E-state index contributed by atoms with van der Waals surface area (Å²) in [5, 5.41) is 2.73. The minimum absolute atomic E-state index is 0.00680. The molecule has 1 N–H and O–H groups in total. The van der Waals surface area contributed by atoms with Gasteiger partial charge in [0.1, 0.15) is 11.6 Å². The molecule has 6 heteroatoms. The molecule has 0 spiro atoms. The van der Waals surface area contributed by atoms with Gasteiger partial charge in [-0.1, -0.05) is 6.07 Å². The van der Waals surface area contributed by atoms with Gasteiger partial charge in [0.2, 0.25) is 0 Å². The zero-order valence-electron chi connectivity index (χ0n) is 10.6. The summed E-state index contributed by atoms with van der Waals surface area (Å²) in [5.41, 5.74) is -0.00680. The summed E-state index contributed by atoms with van der Waals surface area (Å²) in [6.45, 7) is 1.71. The second kappa shape index (κ2) is 6.45. The van der Waals surface area contributed by atoms with Crippen LogP contribution >= 0.6 is 27.3 Å². The summed E-state index contributed by atoms with van der Waals surface area (Å²) in [4.78, 5) is 12.5. The Morgan fingerprint density at radius 1 is 1.30 bits per heavy atom. The Kier molecular flexibility index (Phi) is 4.88. The smallest absolute Gasteiger partial charge is 0.261 e. The summed E-state index contributed by atoms with van der Waals surface area (Å²) in [5.74, 6) is -1.43. The van der Waals surface area contributed by atoms with Crippen molar-refractivity contribution in [3.63, 3.8) is 0 Å². The zero-order valence-corrected chi connectivity index (χ0v) is 13.0. The predicted molar refractivity (Wildman–Crippen MR) is 79.0 cm³/mol. The van der Waals surface area contributed by atoms with Gasteiger partial charge in [-0.05, 0) is 53.5 Å². The molecule has 0 fully saturated rings. The highest BCUT2D eigenvalue weighted by Crippen LogP contribution is 2.22. The molecule has 0 saturated heterocycles. The van der Waals surface area contributed by atoms with Gasteiger partial charge >= 0.3 is 0 Å². The van der Waals surface area contributed by atoms with E-state index in [1.807, 2.05) is 0 Å². The highest BCUT2D eigenvalue weighted by atomic mass is 79.9. The highest BCUT2D eigenvalue weighted by Gasteiger charge is 2.16. The van der Waals surface area contributed by atoms with Crippen LogP contribution in [-0.4, -0.2) is 11.9 Å². The lowest BCUT2D eigenvalue weighted by molar-refractivity contribution is 0.0944. The molecule has 0 aliphatic heterocycles. The number of hydrogen-bond donors (Lipinski definition) is 1. The van der Waals surface area contributed by atoms with Crippen molar-refractivity contribution < 1.29 is 13.6 Å². The normalized spacial score (nSPS) is 12.2. The van der Waals surface area contributed by atoms with Gasteiger partial charge in [-0.25, -0.2) is 8.78 Å². The molecule has 1 atom stereocenters. The minimum atomic E-state index is -0.593. The topological polar surface area (TPSA) is 29.1 Å². The highest BCUT2D eigenvalue weighted by molar-refractivity contribution is 9.11. The van der Waals surface area contributed by atoms with E-state index in [0.29, 0.717) is 4.88 Å². The number of carbonyl (C=O) groups is 1. The Hall–Kier alpha value is -1.27. The van der Waals surface area contributed by atoms with E-state index in [4.69, 9.17) is 0 Å². The number of carbonyl (C=O) groups excluding carboxylic acids is 1. The number of nitrogens with one attached hydrogen (secondary N) is 1. The average Bonchev–Trinajstić information content (AvgIpc) is 2.81. The van der Waals surface area contributed by atoms with E-state index in [9.17, 15) is 13.6 Å². The van der Waals surface area contributed by atoms with Crippen LogP contribution in [0.1, 0.15) is 22.2 Å². The van der Waals surface area contributed by atoms with Crippen molar-refractivity contribution >= 4 is 33.2 Å². The number of halogens is 3. The maximum atomic E-state index is 13.5. The monoisotopic (exact) mass is 359 g/mol. The van der Waals surface area contributed by atoms with E-state index in [0.717, 1.165) is 3.79 Å². The van der Waals surface area contributed by atoms with Gasteiger partial charge in [0, 0.05) is 11.6 Å². The van der Waals surface area contributed by atoms with Crippen LogP contribution in [0.25, 0.3) is 0 Å². The molecular formula is C14H12BrF2NOS. The lowest BCUT2D eigenvalue weighted by Crippen LogP contribution is -2.34. The molecule has 1 aromatic heterocycles. The van der Waals surface area contributed by atoms with Gasteiger partial charge in [0.15, 0.2) is 0 Å². The predicted octanol–water partition coefficient (Wildman–Crippen LogP) is 4.15. The fourth-order valence-corrected chi connectivity index (χ4v) is 3.11. The first-order valence-electron chi connectivity index (χ1n) is 5.96.